The third-order valence-corrected chi connectivity index (χ3v) is 5.10. The molecule has 1 amide bonds. The number of halogens is 2. The molecule has 0 aliphatic rings. The first-order chi connectivity index (χ1) is 13.1. The van der Waals surface area contributed by atoms with Crippen LogP contribution in [0.3, 0.4) is 0 Å². The molecular weight excluding hydrogens is 388 g/mol. The maximum atomic E-state index is 14.0. The number of hydrogen-bond acceptors (Lipinski definition) is 4. The minimum Gasteiger partial charge on any atom is -0.454 e. The molecule has 0 heterocycles. The molecule has 0 bridgehead atoms. The van der Waals surface area contributed by atoms with Crippen LogP contribution in [0.2, 0.25) is 0 Å². The van der Waals surface area contributed by atoms with E-state index in [0.717, 1.165) is 18.4 Å². The number of amides is 1. The number of nitrogens with two attached hydrogens (primary N) is 1. The van der Waals surface area contributed by atoms with Gasteiger partial charge in [0.25, 0.3) is 0 Å². The fourth-order valence-corrected chi connectivity index (χ4v) is 3.19. The van der Waals surface area contributed by atoms with Crippen LogP contribution in [-0.2, 0) is 9.84 Å². The van der Waals surface area contributed by atoms with Crippen LogP contribution in [0, 0.1) is 11.6 Å². The predicted octanol–water partition coefficient (Wildman–Crippen LogP) is 3.93. The highest BCUT2D eigenvalue weighted by atomic mass is 32.2. The quantitative estimate of drug-likeness (QED) is 0.699. The third-order valence-electron chi connectivity index (χ3n) is 3.97. The van der Waals surface area contributed by atoms with Crippen molar-refractivity contribution in [1.82, 2.24) is 0 Å². The smallest absolute Gasteiger partial charge is 0.248 e. The van der Waals surface area contributed by atoms with E-state index in [1.807, 2.05) is 0 Å². The molecule has 8 heteroatoms. The Morgan fingerprint density at radius 1 is 0.929 bits per heavy atom. The second-order valence-electron chi connectivity index (χ2n) is 6.05. The average molecular weight is 403 g/mol. The van der Waals surface area contributed by atoms with Gasteiger partial charge in [-0.2, -0.15) is 0 Å². The highest BCUT2D eigenvalue weighted by molar-refractivity contribution is 7.90. The van der Waals surface area contributed by atoms with Gasteiger partial charge in [-0.15, -0.1) is 0 Å². The molecular formula is C20H15F2NO4S. The number of primary amides is 1. The minimum absolute atomic E-state index is 0.120. The number of ether oxygens (including phenoxy) is 1. The van der Waals surface area contributed by atoms with Crippen molar-refractivity contribution in [2.24, 2.45) is 5.73 Å². The number of sulfone groups is 1. The third kappa shape index (κ3) is 4.17. The summed E-state index contributed by atoms with van der Waals surface area (Å²) in [7, 11) is -3.38. The summed E-state index contributed by atoms with van der Waals surface area (Å²) >= 11 is 0. The van der Waals surface area contributed by atoms with Gasteiger partial charge in [-0.05, 0) is 48.0 Å². The predicted molar refractivity (Wildman–Crippen MR) is 99.9 cm³/mol. The first kappa shape index (κ1) is 19.5. The maximum Gasteiger partial charge on any atom is 0.248 e. The van der Waals surface area contributed by atoms with Crippen molar-refractivity contribution in [3.05, 3.63) is 77.9 Å². The van der Waals surface area contributed by atoms with Gasteiger partial charge in [0.05, 0.1) is 4.90 Å². The van der Waals surface area contributed by atoms with Crippen LogP contribution in [-0.4, -0.2) is 20.6 Å². The largest absolute Gasteiger partial charge is 0.454 e. The fourth-order valence-electron chi connectivity index (χ4n) is 2.56. The Kier molecular flexibility index (Phi) is 5.15. The average Bonchev–Trinajstić information content (AvgIpc) is 2.63. The van der Waals surface area contributed by atoms with Gasteiger partial charge >= 0.3 is 0 Å². The molecule has 2 N–H and O–H groups in total. The van der Waals surface area contributed by atoms with Crippen LogP contribution < -0.4 is 10.5 Å². The molecule has 0 radical (unpaired) electrons. The van der Waals surface area contributed by atoms with E-state index >= 15 is 0 Å². The first-order valence-corrected chi connectivity index (χ1v) is 9.91. The van der Waals surface area contributed by atoms with E-state index in [0.29, 0.717) is 17.2 Å². The van der Waals surface area contributed by atoms with E-state index in [9.17, 15) is 22.0 Å². The van der Waals surface area contributed by atoms with Crippen molar-refractivity contribution in [3.8, 4) is 22.6 Å². The summed E-state index contributed by atoms with van der Waals surface area (Å²) in [6.07, 6.45) is 1.08. The zero-order valence-electron chi connectivity index (χ0n) is 14.6. The zero-order valence-corrected chi connectivity index (χ0v) is 15.5. The van der Waals surface area contributed by atoms with Gasteiger partial charge in [0, 0.05) is 23.4 Å². The molecule has 3 rings (SSSR count). The van der Waals surface area contributed by atoms with E-state index in [1.54, 1.807) is 0 Å². The van der Waals surface area contributed by atoms with Crippen LogP contribution in [0.25, 0.3) is 11.1 Å². The van der Waals surface area contributed by atoms with Crippen molar-refractivity contribution < 1.29 is 26.7 Å². The highest BCUT2D eigenvalue weighted by Crippen LogP contribution is 2.35. The molecule has 0 atom stereocenters. The Labute approximate surface area is 160 Å². The topological polar surface area (TPSA) is 86.5 Å². The highest BCUT2D eigenvalue weighted by Gasteiger charge is 2.15. The summed E-state index contributed by atoms with van der Waals surface area (Å²) in [5.74, 6) is -2.33. The Hall–Kier alpha value is -3.26. The van der Waals surface area contributed by atoms with Crippen LogP contribution in [0.4, 0.5) is 8.78 Å². The van der Waals surface area contributed by atoms with Gasteiger partial charge in [-0.3, -0.25) is 4.79 Å². The Morgan fingerprint density at radius 2 is 1.57 bits per heavy atom. The van der Waals surface area contributed by atoms with Gasteiger partial charge in [0.1, 0.15) is 11.6 Å². The fraction of sp³-hybridized carbons (Fsp3) is 0.0500. The molecule has 0 unspecified atom stereocenters. The van der Waals surface area contributed by atoms with Crippen molar-refractivity contribution >= 4 is 15.7 Å². The summed E-state index contributed by atoms with van der Waals surface area (Å²) in [6, 6.07) is 13.1. The van der Waals surface area contributed by atoms with Crippen molar-refractivity contribution in [3.63, 3.8) is 0 Å². The van der Waals surface area contributed by atoms with Crippen LogP contribution in [0.15, 0.2) is 65.6 Å². The SMILES string of the molecule is CS(=O)(=O)c1ccc(-c2cc(C(N)=O)ccc2Oc2ccc(F)cc2F)cc1. The molecule has 0 aromatic heterocycles. The minimum atomic E-state index is -3.38. The monoisotopic (exact) mass is 403 g/mol. The van der Waals surface area contributed by atoms with E-state index in [4.69, 9.17) is 10.5 Å². The second-order valence-corrected chi connectivity index (χ2v) is 8.06. The summed E-state index contributed by atoms with van der Waals surface area (Å²) in [5.41, 5.74) is 6.42. The normalized spacial score (nSPS) is 11.2. The van der Waals surface area contributed by atoms with Gasteiger partial charge in [0.15, 0.2) is 21.4 Å². The lowest BCUT2D eigenvalue weighted by Gasteiger charge is -2.13. The Morgan fingerprint density at radius 3 is 2.14 bits per heavy atom. The summed E-state index contributed by atoms with van der Waals surface area (Å²) in [6.45, 7) is 0. The number of carbonyl (C=O) groups excluding carboxylic acids is 1. The maximum absolute atomic E-state index is 14.0. The summed E-state index contributed by atoms with van der Waals surface area (Å²) in [4.78, 5) is 11.7. The number of hydrogen-bond donors (Lipinski definition) is 1. The molecule has 3 aromatic carbocycles. The lowest BCUT2D eigenvalue weighted by molar-refractivity contribution is 0.100. The molecule has 0 saturated heterocycles. The second kappa shape index (κ2) is 7.40. The molecule has 0 aliphatic carbocycles. The molecule has 5 nitrogen and oxygen atoms in total. The van der Waals surface area contributed by atoms with Crippen LogP contribution >= 0.6 is 0 Å². The lowest BCUT2D eigenvalue weighted by atomic mass is 10.0. The molecule has 144 valence electrons. The van der Waals surface area contributed by atoms with E-state index in [-0.39, 0.29) is 22.0 Å². The summed E-state index contributed by atoms with van der Waals surface area (Å²) in [5, 5.41) is 0. The lowest BCUT2D eigenvalue weighted by Crippen LogP contribution is -2.11. The molecule has 0 fully saturated rings. The van der Waals surface area contributed by atoms with Crippen LogP contribution in [0.1, 0.15) is 10.4 Å². The molecule has 3 aromatic rings. The van der Waals surface area contributed by atoms with Crippen molar-refractivity contribution in [2.45, 2.75) is 4.90 Å². The number of carbonyl (C=O) groups is 1. The molecule has 28 heavy (non-hydrogen) atoms. The summed E-state index contributed by atoms with van der Waals surface area (Å²) < 4.78 is 55.9. The molecule has 0 saturated carbocycles. The van der Waals surface area contributed by atoms with Gasteiger partial charge in [0.2, 0.25) is 5.91 Å². The van der Waals surface area contributed by atoms with Crippen molar-refractivity contribution in [2.75, 3.05) is 6.26 Å². The van der Waals surface area contributed by atoms with Crippen molar-refractivity contribution in [1.29, 1.82) is 0 Å². The van der Waals surface area contributed by atoms with E-state index < -0.39 is 27.4 Å². The molecule has 0 aliphatic heterocycles. The standard InChI is InChI=1S/C20H15F2NO4S/c1-28(25,26)15-6-2-12(3-7-15)16-10-13(20(23)24)4-8-18(16)27-19-9-5-14(21)11-17(19)22/h2-11H,1H3,(H2,23,24). The van der Waals surface area contributed by atoms with E-state index in [2.05, 4.69) is 0 Å². The number of rotatable bonds is 5. The van der Waals surface area contributed by atoms with Gasteiger partial charge in [-0.25, -0.2) is 17.2 Å². The van der Waals surface area contributed by atoms with Gasteiger partial charge in [-0.1, -0.05) is 12.1 Å². The zero-order chi connectivity index (χ0) is 20.5. The van der Waals surface area contributed by atoms with Crippen LogP contribution in [0.5, 0.6) is 11.5 Å². The Balaban J connectivity index is 2.09. The van der Waals surface area contributed by atoms with Gasteiger partial charge < -0.3 is 10.5 Å². The Bertz CT molecular complexity index is 1160. The van der Waals surface area contributed by atoms with E-state index in [1.165, 1.54) is 42.5 Å². The number of benzene rings is 3. The molecule has 0 spiro atoms. The first-order valence-electron chi connectivity index (χ1n) is 8.02.